The minimum atomic E-state index is -0.661. The van der Waals surface area contributed by atoms with Crippen LogP contribution in [0.1, 0.15) is 82.8 Å². The van der Waals surface area contributed by atoms with E-state index >= 15 is 0 Å². The molecule has 3 aliphatic heterocycles. The molecule has 2 fully saturated rings. The summed E-state index contributed by atoms with van der Waals surface area (Å²) in [6, 6.07) is 5.86. The van der Waals surface area contributed by atoms with Crippen LogP contribution in [-0.4, -0.2) is 139 Å². The molecule has 1 saturated heterocycles. The number of carbonyl (C=O) groups excluding carboxylic acids is 4. The van der Waals surface area contributed by atoms with Gasteiger partial charge >= 0.3 is 0 Å². The maximum atomic E-state index is 14.0. The molecule has 5 atom stereocenters. The van der Waals surface area contributed by atoms with Crippen LogP contribution in [0.5, 0.6) is 5.75 Å². The Morgan fingerprint density at radius 1 is 0.857 bits per heavy atom. The number of nitrogens with one attached hydrogen (secondary N) is 2. The van der Waals surface area contributed by atoms with Crippen molar-refractivity contribution in [2.24, 2.45) is 22.4 Å². The van der Waals surface area contributed by atoms with Crippen LogP contribution in [0.2, 0.25) is 0 Å². The Kier molecular flexibility index (Phi) is 12.9. The van der Waals surface area contributed by atoms with E-state index < -0.39 is 23.6 Å². The van der Waals surface area contributed by atoms with Gasteiger partial charge in [-0.15, -0.1) is 0 Å². The molecule has 4 amide bonds. The van der Waals surface area contributed by atoms with Crippen LogP contribution in [0.25, 0.3) is 11.0 Å². The Hall–Kier alpha value is -6.12. The van der Waals surface area contributed by atoms with E-state index in [0.29, 0.717) is 106 Å². The van der Waals surface area contributed by atoms with Gasteiger partial charge in [0.05, 0.1) is 61.0 Å². The van der Waals surface area contributed by atoms with Gasteiger partial charge in [0, 0.05) is 50.7 Å². The molecule has 1 aliphatic carbocycles. The molecule has 1 saturated carbocycles. The van der Waals surface area contributed by atoms with Crippen molar-refractivity contribution >= 4 is 46.6 Å². The van der Waals surface area contributed by atoms with Crippen LogP contribution in [-0.2, 0) is 40.3 Å². The lowest BCUT2D eigenvalue weighted by atomic mass is 9.96. The monoisotopic (exact) mass is 867 g/mol. The fraction of sp³-hybridized carbons (Fsp3) is 0.535. The van der Waals surface area contributed by atoms with Crippen LogP contribution in [0, 0.1) is 12.8 Å². The normalized spacial score (nSPS) is 23.7. The van der Waals surface area contributed by atoms with Gasteiger partial charge in [0.2, 0.25) is 23.7 Å². The average molecular weight is 868 g/mol. The van der Waals surface area contributed by atoms with Gasteiger partial charge in [-0.25, -0.2) is 9.98 Å². The molecule has 4 aliphatic rings. The first kappa shape index (κ1) is 43.5. The second-order valence-electron chi connectivity index (χ2n) is 16.4. The van der Waals surface area contributed by atoms with Gasteiger partial charge in [0.25, 0.3) is 11.8 Å². The summed E-state index contributed by atoms with van der Waals surface area (Å²) in [5, 5.41) is 15.1. The zero-order chi connectivity index (χ0) is 44.4. The van der Waals surface area contributed by atoms with Crippen molar-refractivity contribution in [3.8, 4) is 5.75 Å². The van der Waals surface area contributed by atoms with Crippen molar-refractivity contribution in [3.05, 3.63) is 64.8 Å². The molecule has 20 nitrogen and oxygen atoms in total. The van der Waals surface area contributed by atoms with Gasteiger partial charge in [-0.1, -0.05) is 19.1 Å². The summed E-state index contributed by atoms with van der Waals surface area (Å²) in [4.78, 5) is 67.8. The molecule has 6 N–H and O–H groups in total. The number of nitrogens with zero attached hydrogens (tertiary/aromatic N) is 9. The number of benzene rings is 1. The van der Waals surface area contributed by atoms with Gasteiger partial charge in [-0.2, -0.15) is 10.2 Å². The average Bonchev–Trinajstić information content (AvgIpc) is 4.02. The van der Waals surface area contributed by atoms with Gasteiger partial charge in [-0.05, 0) is 70.7 Å². The van der Waals surface area contributed by atoms with E-state index in [1.54, 1.807) is 33.6 Å². The van der Waals surface area contributed by atoms with Crippen LogP contribution >= 0.6 is 0 Å². The molecule has 6 heterocycles. The van der Waals surface area contributed by atoms with Crippen molar-refractivity contribution in [1.82, 2.24) is 44.2 Å². The number of hydrogen-bond acceptors (Lipinski definition) is 13. The number of allylic oxidation sites excluding steroid dienone is 1. The zero-order valence-corrected chi connectivity index (χ0v) is 36.3. The molecule has 63 heavy (non-hydrogen) atoms. The number of aromatic nitrogens is 6. The molecule has 0 radical (unpaired) electrons. The third-order valence-corrected chi connectivity index (χ3v) is 12.4. The predicted molar refractivity (Wildman–Crippen MR) is 232 cm³/mol. The lowest BCUT2D eigenvalue weighted by Crippen LogP contribution is -2.50. The van der Waals surface area contributed by atoms with E-state index in [9.17, 15) is 19.2 Å². The Bertz CT molecular complexity index is 2430. The first-order chi connectivity index (χ1) is 30.4. The Balaban J connectivity index is 1.20. The Morgan fingerprint density at radius 3 is 2.32 bits per heavy atom. The summed E-state index contributed by atoms with van der Waals surface area (Å²) in [5.74, 6) is -1.38. The zero-order valence-electron chi connectivity index (χ0n) is 36.3. The molecule has 0 spiro atoms. The number of fused-ring (bicyclic) bond motifs is 1. The summed E-state index contributed by atoms with van der Waals surface area (Å²) in [6.45, 7) is 12.0. The van der Waals surface area contributed by atoms with E-state index in [1.165, 1.54) is 0 Å². The van der Waals surface area contributed by atoms with Crippen molar-refractivity contribution < 1.29 is 33.4 Å². The number of imidazole rings is 1. The van der Waals surface area contributed by atoms with Crippen LogP contribution < -0.4 is 26.8 Å². The maximum absolute atomic E-state index is 14.0. The third kappa shape index (κ3) is 9.19. The molecule has 4 aromatic rings. The molecular weight excluding hydrogens is 811 g/mol. The van der Waals surface area contributed by atoms with Gasteiger partial charge in [-0.3, -0.25) is 44.1 Å². The smallest absolute Gasteiger partial charge is 0.276 e. The topological polar surface area (TPSA) is 244 Å². The number of carbonyl (C=O) groups is 4. The molecule has 5 unspecified atom stereocenters. The van der Waals surface area contributed by atoms with Crippen LogP contribution in [0.4, 0.5) is 5.95 Å². The Morgan fingerprint density at radius 2 is 1.59 bits per heavy atom. The molecule has 336 valence electrons. The number of morpholine rings is 1. The molecule has 1 aromatic carbocycles. The number of guanidine groups is 1. The summed E-state index contributed by atoms with van der Waals surface area (Å²) in [7, 11) is 0. The number of anilines is 1. The summed E-state index contributed by atoms with van der Waals surface area (Å²) >= 11 is 0. The van der Waals surface area contributed by atoms with Crippen LogP contribution in [0.15, 0.2) is 41.4 Å². The van der Waals surface area contributed by atoms with Gasteiger partial charge < -0.3 is 35.1 Å². The van der Waals surface area contributed by atoms with Crippen molar-refractivity contribution in [2.75, 3.05) is 51.4 Å². The molecule has 20 heteroatoms. The number of hydrogen-bond donors (Lipinski definition) is 4. The second-order valence-corrected chi connectivity index (χ2v) is 16.4. The maximum Gasteiger partial charge on any atom is 0.276 e. The first-order valence-electron chi connectivity index (χ1n) is 21.9. The predicted octanol–water partition coefficient (Wildman–Crippen LogP) is 1.85. The number of nitrogens with two attached hydrogens (primary N) is 2. The van der Waals surface area contributed by atoms with E-state index in [-0.39, 0.29) is 61.4 Å². The highest BCUT2D eigenvalue weighted by molar-refractivity contribution is 6.06. The number of rotatable bonds is 9. The van der Waals surface area contributed by atoms with Gasteiger partial charge in [0.15, 0.2) is 0 Å². The highest BCUT2D eigenvalue weighted by Crippen LogP contribution is 2.35. The SMILES string of the molecule is CCc1cc(C(=O)Nc2nc3cc(C(N)=O)cc4c3n2C/C=C/CN2C(NC(=O)c3cc(C)nn3CC)=NC3CC(C(N)=O)CC(CC32)OCC(N2CCOCC2)CO4)n(CC)n1. The highest BCUT2D eigenvalue weighted by Gasteiger charge is 2.44. The number of aryl methyl sites for hydroxylation is 4. The third-order valence-electron chi connectivity index (χ3n) is 12.4. The quantitative estimate of drug-likeness (QED) is 0.176. The van der Waals surface area contributed by atoms with Crippen molar-refractivity contribution in [3.63, 3.8) is 0 Å². The number of amides is 4. The van der Waals surface area contributed by atoms with E-state index in [0.717, 1.165) is 11.4 Å². The van der Waals surface area contributed by atoms with Crippen molar-refractivity contribution in [2.45, 2.75) is 97.2 Å². The van der Waals surface area contributed by atoms with Crippen molar-refractivity contribution in [1.29, 1.82) is 0 Å². The van der Waals surface area contributed by atoms with E-state index in [4.69, 9.17) is 35.7 Å². The highest BCUT2D eigenvalue weighted by atomic mass is 16.5. The summed E-state index contributed by atoms with van der Waals surface area (Å²) in [6.07, 6.45) is 5.53. The van der Waals surface area contributed by atoms with Crippen LogP contribution in [0.3, 0.4) is 0 Å². The summed E-state index contributed by atoms with van der Waals surface area (Å²) in [5.41, 5.74) is 15.3. The lowest BCUT2D eigenvalue weighted by Gasteiger charge is -2.36. The Labute approximate surface area is 364 Å². The minimum Gasteiger partial charge on any atom is -0.490 e. The first-order valence-corrected chi connectivity index (χ1v) is 21.9. The summed E-state index contributed by atoms with van der Waals surface area (Å²) < 4.78 is 24.3. The molecule has 2 bridgehead atoms. The fourth-order valence-electron chi connectivity index (χ4n) is 9.07. The largest absolute Gasteiger partial charge is 0.490 e. The number of ether oxygens (including phenoxy) is 3. The fourth-order valence-corrected chi connectivity index (χ4v) is 9.07. The number of primary amides is 2. The molecule has 8 rings (SSSR count). The van der Waals surface area contributed by atoms with E-state index in [2.05, 4.69) is 30.6 Å². The standard InChI is InChI=1S/C43H57N13O7/c1-5-28-21-35(56(7-3)51-28)41(60)49-43-47-32-19-27(39(45)58)20-36-37(32)54(43)11-9-8-10-53-33-22-30(62-23-29(24-63-36)52-12-14-61-15-13-52)17-26(38(44)57)18-31(33)46-42(53)48-40(59)34-16-25(4)50-55(34)6-2/h8-9,16,19-21,26,29-31,33H,5-7,10-15,17-18,22-24H2,1-4H3,(H2,44,57)(H2,45,58)(H,46,48,59)(H,47,49,60)/b9-8+. The lowest BCUT2D eigenvalue weighted by molar-refractivity contribution is -0.123. The molecule has 3 aromatic heterocycles. The van der Waals surface area contributed by atoms with Gasteiger partial charge in [0.1, 0.15) is 29.3 Å². The second kappa shape index (κ2) is 18.7. The molecular formula is C43H57N13O7. The van der Waals surface area contributed by atoms with E-state index in [1.807, 2.05) is 44.4 Å². The number of aliphatic imine (C=N–C) groups is 1. The minimum absolute atomic E-state index is 0.159.